The third kappa shape index (κ3) is 7.38. The highest BCUT2D eigenvalue weighted by molar-refractivity contribution is 7.40. The highest BCUT2D eigenvalue weighted by Crippen LogP contribution is 2.38. The molecule has 4 aromatic rings. The molecule has 0 heterocycles. The van der Waals surface area contributed by atoms with Gasteiger partial charge in [0.15, 0.2) is 11.7 Å². The van der Waals surface area contributed by atoms with Gasteiger partial charge in [-0.3, -0.25) is 9.13 Å². The predicted molar refractivity (Wildman–Crippen MR) is 163 cm³/mol. The first-order valence-corrected chi connectivity index (χ1v) is 16.0. The van der Waals surface area contributed by atoms with E-state index in [0.717, 1.165) is 44.9 Å². The van der Waals surface area contributed by atoms with E-state index in [0.29, 0.717) is 11.5 Å². The normalized spacial score (nSPS) is 14.1. The van der Waals surface area contributed by atoms with Crippen LogP contribution in [0.5, 0.6) is 23.0 Å². The van der Waals surface area contributed by atoms with Gasteiger partial charge >= 0.3 is 0 Å². The largest absolute Gasteiger partial charge is 0.479 e. The molecule has 210 valence electrons. The summed E-state index contributed by atoms with van der Waals surface area (Å²) in [6.45, 7) is 11.4. The molecule has 4 atom stereocenters. The number of ether oxygens (including phenoxy) is 2. The van der Waals surface area contributed by atoms with Crippen LogP contribution in [0.2, 0.25) is 0 Å². The molecule has 0 aliphatic carbocycles. The molecule has 0 N–H and O–H groups in total. The zero-order chi connectivity index (χ0) is 28.8. The molecule has 8 heteroatoms. The summed E-state index contributed by atoms with van der Waals surface area (Å²) in [5, 5.41) is 0. The number of hydrogen-bond donors (Lipinski definition) is 0. The Hall–Kier alpha value is -3.46. The fraction of sp³-hybridized carbons (Fsp3) is 0.250. The average Bonchev–Trinajstić information content (AvgIpc) is 2.93. The first kappa shape index (κ1) is 29.5. The monoisotopic (exact) mass is 578 g/mol. The van der Waals surface area contributed by atoms with Crippen molar-refractivity contribution >= 4 is 16.1 Å². The summed E-state index contributed by atoms with van der Waals surface area (Å²) >= 11 is 0. The van der Waals surface area contributed by atoms with E-state index in [1.165, 1.54) is 0 Å². The molecule has 0 saturated carbocycles. The molecule has 0 bridgehead atoms. The van der Waals surface area contributed by atoms with Crippen LogP contribution in [0.25, 0.3) is 11.1 Å². The molecule has 0 amide bonds. The molecular formula is C32H36O6P2. The highest BCUT2D eigenvalue weighted by Gasteiger charge is 2.18. The molecule has 4 rings (SSSR count). The molecule has 6 nitrogen and oxygen atoms in total. The van der Waals surface area contributed by atoms with Crippen LogP contribution in [0.4, 0.5) is 0 Å². The van der Waals surface area contributed by atoms with E-state index >= 15 is 0 Å². The summed E-state index contributed by atoms with van der Waals surface area (Å²) in [7, 11) is -5.00. The lowest BCUT2D eigenvalue weighted by atomic mass is 10.1. The number of rotatable bonds is 11. The van der Waals surface area contributed by atoms with Crippen molar-refractivity contribution in [3.8, 4) is 34.1 Å². The second kappa shape index (κ2) is 13.3. The molecule has 0 aliphatic rings. The Morgan fingerprint density at radius 3 is 1.10 bits per heavy atom. The van der Waals surface area contributed by atoms with Crippen LogP contribution < -0.4 is 18.5 Å². The fourth-order valence-electron chi connectivity index (χ4n) is 4.25. The van der Waals surface area contributed by atoms with E-state index in [4.69, 9.17) is 18.5 Å². The summed E-state index contributed by atoms with van der Waals surface area (Å²) in [4.78, 5) is 0. The maximum atomic E-state index is 12.8. The zero-order valence-corrected chi connectivity index (χ0v) is 25.7. The van der Waals surface area contributed by atoms with Gasteiger partial charge in [-0.2, -0.15) is 0 Å². The molecular weight excluding hydrogens is 542 g/mol. The van der Waals surface area contributed by atoms with E-state index in [-0.39, 0.29) is 0 Å². The van der Waals surface area contributed by atoms with Crippen molar-refractivity contribution in [3.05, 3.63) is 107 Å². The smallest absolute Gasteiger partial charge is 0.275 e. The van der Waals surface area contributed by atoms with Crippen molar-refractivity contribution in [2.75, 3.05) is 0 Å². The van der Waals surface area contributed by atoms with E-state index in [1.54, 1.807) is 38.1 Å². The Labute approximate surface area is 238 Å². The molecule has 4 unspecified atom stereocenters. The molecule has 40 heavy (non-hydrogen) atoms. The quantitative estimate of drug-likeness (QED) is 0.165. The van der Waals surface area contributed by atoms with Crippen molar-refractivity contribution in [2.24, 2.45) is 0 Å². The van der Waals surface area contributed by atoms with E-state index in [9.17, 15) is 9.13 Å². The summed E-state index contributed by atoms with van der Waals surface area (Å²) in [5.41, 5.74) is 5.89. The Balaban J connectivity index is 1.33. The SMILES string of the molecule is Cc1cccc(C)c1OC(C)[PH](=O)Oc1ccc(-c2ccc(O[PH](=O)C(C)Oc3c(C)cccc3C)cc2)cc1. The molecule has 0 aliphatic heterocycles. The summed E-state index contributed by atoms with van der Waals surface area (Å²) in [6.07, 6.45) is 0. The van der Waals surface area contributed by atoms with Gasteiger partial charge < -0.3 is 18.5 Å². The van der Waals surface area contributed by atoms with Crippen LogP contribution >= 0.6 is 16.1 Å². The fourth-order valence-corrected chi connectivity index (χ4v) is 5.75. The summed E-state index contributed by atoms with van der Waals surface area (Å²) < 4.78 is 49.0. The van der Waals surface area contributed by atoms with Crippen LogP contribution in [-0.2, 0) is 9.13 Å². The lowest BCUT2D eigenvalue weighted by molar-refractivity contribution is 0.278. The van der Waals surface area contributed by atoms with Gasteiger partial charge in [0.25, 0.3) is 16.1 Å². The van der Waals surface area contributed by atoms with Crippen molar-refractivity contribution in [3.63, 3.8) is 0 Å². The minimum Gasteiger partial charge on any atom is -0.479 e. The predicted octanol–water partition coefficient (Wildman–Crippen LogP) is 9.14. The Bertz CT molecular complexity index is 1340. The zero-order valence-electron chi connectivity index (χ0n) is 23.7. The van der Waals surface area contributed by atoms with Gasteiger partial charge in [-0.25, -0.2) is 0 Å². The molecule has 0 spiro atoms. The van der Waals surface area contributed by atoms with E-state index in [2.05, 4.69) is 0 Å². The maximum absolute atomic E-state index is 12.8. The molecule has 0 radical (unpaired) electrons. The lowest BCUT2D eigenvalue weighted by Gasteiger charge is -2.18. The minimum atomic E-state index is -2.50. The second-order valence-corrected chi connectivity index (χ2v) is 13.2. The van der Waals surface area contributed by atoms with Crippen molar-refractivity contribution in [1.29, 1.82) is 0 Å². The molecule has 0 saturated heterocycles. The Morgan fingerprint density at radius 2 is 0.800 bits per heavy atom. The maximum Gasteiger partial charge on any atom is 0.275 e. The standard InChI is InChI=1S/C32H36O6P2/c1-21-9-7-10-22(2)31(21)35-25(5)39(33)37-29-17-13-27(14-18-29)28-15-19-30(20-16-28)38-40(34)26(6)36-32-23(3)11-8-12-24(32)4/h7-20,25-26,39-40H,1-6H3. The first-order valence-electron chi connectivity index (χ1n) is 13.2. The van der Waals surface area contributed by atoms with Gasteiger partial charge in [-0.15, -0.1) is 0 Å². The van der Waals surface area contributed by atoms with Crippen LogP contribution in [0.3, 0.4) is 0 Å². The summed E-state index contributed by atoms with van der Waals surface area (Å²) in [6, 6.07) is 26.6. The van der Waals surface area contributed by atoms with Crippen LogP contribution in [-0.4, -0.2) is 11.7 Å². The minimum absolute atomic E-state index is 0.515. The number of benzene rings is 4. The lowest BCUT2D eigenvalue weighted by Crippen LogP contribution is -2.10. The second-order valence-electron chi connectivity index (χ2n) is 9.85. The van der Waals surface area contributed by atoms with Gasteiger partial charge in [-0.05, 0) is 99.2 Å². The highest BCUT2D eigenvalue weighted by atomic mass is 31.1. The molecule has 0 fully saturated rings. The molecule has 0 aromatic heterocycles. The Morgan fingerprint density at radius 1 is 0.500 bits per heavy atom. The van der Waals surface area contributed by atoms with Gasteiger partial charge in [0, 0.05) is 0 Å². The van der Waals surface area contributed by atoms with Gasteiger partial charge in [0.1, 0.15) is 23.0 Å². The van der Waals surface area contributed by atoms with Crippen molar-refractivity contribution in [1.82, 2.24) is 0 Å². The number of aryl methyl sites for hydroxylation is 4. The topological polar surface area (TPSA) is 71.1 Å². The third-order valence-corrected chi connectivity index (χ3v) is 8.99. The van der Waals surface area contributed by atoms with Gasteiger partial charge in [0.05, 0.1) is 0 Å². The van der Waals surface area contributed by atoms with Gasteiger partial charge in [0.2, 0.25) is 0 Å². The van der Waals surface area contributed by atoms with Gasteiger partial charge in [-0.1, -0.05) is 60.7 Å². The molecule has 4 aromatic carbocycles. The first-order chi connectivity index (χ1) is 19.1. The van der Waals surface area contributed by atoms with E-state index < -0.39 is 27.7 Å². The Kier molecular flexibility index (Phi) is 9.79. The summed E-state index contributed by atoms with van der Waals surface area (Å²) in [5.74, 6) is 1.38. The number of hydrogen-bond acceptors (Lipinski definition) is 6. The van der Waals surface area contributed by atoms with E-state index in [1.807, 2.05) is 88.4 Å². The van der Waals surface area contributed by atoms with Crippen molar-refractivity contribution in [2.45, 2.75) is 53.2 Å². The third-order valence-electron chi connectivity index (χ3n) is 6.55. The van der Waals surface area contributed by atoms with Crippen LogP contribution in [0.1, 0.15) is 36.1 Å². The van der Waals surface area contributed by atoms with Crippen molar-refractivity contribution < 1.29 is 27.7 Å². The van der Waals surface area contributed by atoms with Crippen LogP contribution in [0, 0.1) is 27.7 Å². The van der Waals surface area contributed by atoms with Crippen LogP contribution in [0.15, 0.2) is 84.9 Å². The number of para-hydroxylation sites is 2. The average molecular weight is 579 g/mol.